The Hall–Kier alpha value is -1.69. The highest BCUT2D eigenvalue weighted by Crippen LogP contribution is 2.32. The molecule has 3 heterocycles. The number of nitro benzene ring substituents is 1. The molecule has 102 valence electrons. The van der Waals surface area contributed by atoms with E-state index >= 15 is 0 Å². The van der Waals surface area contributed by atoms with Gasteiger partial charge in [0.05, 0.1) is 11.0 Å². The van der Waals surface area contributed by atoms with Crippen LogP contribution in [0.5, 0.6) is 0 Å². The van der Waals surface area contributed by atoms with E-state index in [1.807, 2.05) is 0 Å². The van der Waals surface area contributed by atoms with Crippen molar-refractivity contribution in [1.82, 2.24) is 4.90 Å². The monoisotopic (exact) mass is 265 g/mol. The highest BCUT2D eigenvalue weighted by molar-refractivity contribution is 5.62. The van der Waals surface area contributed by atoms with Gasteiger partial charge in [0.25, 0.3) is 5.69 Å². The van der Waals surface area contributed by atoms with Gasteiger partial charge in [-0.25, -0.2) is 4.39 Å². The summed E-state index contributed by atoms with van der Waals surface area (Å²) < 4.78 is 13.1. The summed E-state index contributed by atoms with van der Waals surface area (Å²) in [6.07, 6.45) is 2.26. The van der Waals surface area contributed by atoms with Gasteiger partial charge in [0.2, 0.25) is 0 Å². The van der Waals surface area contributed by atoms with Gasteiger partial charge in [-0.1, -0.05) is 0 Å². The zero-order chi connectivity index (χ0) is 13.4. The second-order valence-electron chi connectivity index (χ2n) is 5.31. The van der Waals surface area contributed by atoms with E-state index in [0.717, 1.165) is 38.5 Å². The second-order valence-corrected chi connectivity index (χ2v) is 5.31. The van der Waals surface area contributed by atoms with E-state index in [-0.39, 0.29) is 11.7 Å². The molecule has 0 spiro atoms. The molecular formula is C13H16FN3O2. The van der Waals surface area contributed by atoms with Gasteiger partial charge in [0.1, 0.15) is 11.5 Å². The molecule has 4 rings (SSSR count). The minimum absolute atomic E-state index is 0.184. The number of nitrogens with one attached hydrogen (secondary N) is 1. The first-order valence-corrected chi connectivity index (χ1v) is 6.56. The van der Waals surface area contributed by atoms with Gasteiger partial charge < -0.3 is 10.2 Å². The Bertz CT molecular complexity index is 501. The smallest absolute Gasteiger partial charge is 0.295 e. The van der Waals surface area contributed by atoms with Crippen LogP contribution in [0.2, 0.25) is 0 Å². The van der Waals surface area contributed by atoms with Crippen molar-refractivity contribution in [1.29, 1.82) is 0 Å². The number of hydrogen-bond acceptors (Lipinski definition) is 4. The van der Waals surface area contributed by atoms with Crippen molar-refractivity contribution in [3.8, 4) is 0 Å². The number of fused-ring (bicyclic) bond motifs is 3. The molecule has 3 aliphatic rings. The molecule has 0 saturated carbocycles. The van der Waals surface area contributed by atoms with Crippen LogP contribution in [0.25, 0.3) is 0 Å². The molecule has 0 aliphatic carbocycles. The molecule has 1 atom stereocenters. The Morgan fingerprint density at radius 1 is 1.37 bits per heavy atom. The predicted molar refractivity (Wildman–Crippen MR) is 69.6 cm³/mol. The van der Waals surface area contributed by atoms with Crippen molar-refractivity contribution in [2.24, 2.45) is 5.92 Å². The summed E-state index contributed by atoms with van der Waals surface area (Å²) in [5, 5.41) is 14.2. The summed E-state index contributed by atoms with van der Waals surface area (Å²) in [5.41, 5.74) is 0.238. The van der Waals surface area contributed by atoms with Crippen LogP contribution in [-0.4, -0.2) is 35.5 Å². The molecule has 5 nitrogen and oxygen atoms in total. The summed E-state index contributed by atoms with van der Waals surface area (Å²) >= 11 is 0. The van der Waals surface area contributed by atoms with E-state index in [1.54, 1.807) is 0 Å². The number of rotatable bonds is 3. The van der Waals surface area contributed by atoms with Crippen LogP contribution in [0.4, 0.5) is 15.8 Å². The SMILES string of the molecule is O=[N+]([O-])c1cc(F)ccc1NC1CN2CCC1CC2. The molecule has 3 saturated heterocycles. The number of nitro groups is 1. The van der Waals surface area contributed by atoms with Gasteiger partial charge >= 0.3 is 0 Å². The second kappa shape index (κ2) is 4.77. The zero-order valence-electron chi connectivity index (χ0n) is 10.5. The molecule has 3 aliphatic heterocycles. The average molecular weight is 265 g/mol. The van der Waals surface area contributed by atoms with E-state index < -0.39 is 10.7 Å². The topological polar surface area (TPSA) is 58.4 Å². The Balaban J connectivity index is 1.81. The van der Waals surface area contributed by atoms with Crippen LogP contribution < -0.4 is 5.32 Å². The lowest BCUT2D eigenvalue weighted by molar-refractivity contribution is -0.384. The summed E-state index contributed by atoms with van der Waals surface area (Å²) in [5.74, 6) is -0.0131. The first-order chi connectivity index (χ1) is 9.13. The van der Waals surface area contributed by atoms with Gasteiger partial charge in [-0.3, -0.25) is 10.1 Å². The number of benzene rings is 1. The predicted octanol–water partition coefficient (Wildman–Crippen LogP) is 2.24. The molecule has 1 aromatic carbocycles. The standard InChI is InChI=1S/C13H16FN3O2/c14-10-1-2-11(13(7-10)17(18)19)15-12-8-16-5-3-9(12)4-6-16/h1-2,7,9,12,15H,3-6,8H2. The van der Waals surface area contributed by atoms with E-state index in [0.29, 0.717) is 11.6 Å². The number of piperidine rings is 3. The van der Waals surface area contributed by atoms with E-state index in [1.165, 1.54) is 12.1 Å². The summed E-state index contributed by atoms with van der Waals surface area (Å²) in [4.78, 5) is 12.8. The highest BCUT2D eigenvalue weighted by atomic mass is 19.1. The van der Waals surface area contributed by atoms with Crippen molar-refractivity contribution < 1.29 is 9.31 Å². The van der Waals surface area contributed by atoms with E-state index in [9.17, 15) is 14.5 Å². The molecular weight excluding hydrogens is 249 g/mol. The Labute approximate surface area is 110 Å². The first kappa shape index (κ1) is 12.3. The van der Waals surface area contributed by atoms with E-state index in [2.05, 4.69) is 10.2 Å². The number of nitrogens with zero attached hydrogens (tertiary/aromatic N) is 2. The molecule has 1 aromatic rings. The maximum Gasteiger partial charge on any atom is 0.295 e. The lowest BCUT2D eigenvalue weighted by Gasteiger charge is -2.45. The summed E-state index contributed by atoms with van der Waals surface area (Å²) in [7, 11) is 0. The Morgan fingerprint density at radius 2 is 2.11 bits per heavy atom. The molecule has 1 N–H and O–H groups in total. The summed E-state index contributed by atoms with van der Waals surface area (Å²) in [6, 6.07) is 3.93. The molecule has 0 amide bonds. The van der Waals surface area contributed by atoms with Crippen LogP contribution in [0, 0.1) is 21.8 Å². The Kier molecular flexibility index (Phi) is 3.10. The van der Waals surface area contributed by atoms with Crippen molar-refractivity contribution in [3.05, 3.63) is 34.1 Å². The van der Waals surface area contributed by atoms with Crippen LogP contribution >= 0.6 is 0 Å². The number of hydrogen-bond donors (Lipinski definition) is 1. The quantitative estimate of drug-likeness (QED) is 0.672. The molecule has 1 unspecified atom stereocenters. The van der Waals surface area contributed by atoms with Crippen LogP contribution in [0.15, 0.2) is 18.2 Å². The lowest BCUT2D eigenvalue weighted by Crippen LogP contribution is -2.53. The third-order valence-corrected chi connectivity index (χ3v) is 4.15. The molecule has 3 fully saturated rings. The molecule has 0 aromatic heterocycles. The molecule has 6 heteroatoms. The third-order valence-electron chi connectivity index (χ3n) is 4.15. The minimum atomic E-state index is -0.578. The minimum Gasteiger partial charge on any atom is -0.375 e. The average Bonchev–Trinajstić information content (AvgIpc) is 2.42. The fourth-order valence-electron chi connectivity index (χ4n) is 3.11. The van der Waals surface area contributed by atoms with Crippen molar-refractivity contribution >= 4 is 11.4 Å². The van der Waals surface area contributed by atoms with Gasteiger partial charge in [-0.05, 0) is 44.0 Å². The fraction of sp³-hybridized carbons (Fsp3) is 0.538. The van der Waals surface area contributed by atoms with Gasteiger partial charge in [0, 0.05) is 12.6 Å². The number of anilines is 1. The normalized spacial score (nSPS) is 29.2. The zero-order valence-corrected chi connectivity index (χ0v) is 10.5. The van der Waals surface area contributed by atoms with Gasteiger partial charge in [0.15, 0.2) is 0 Å². The lowest BCUT2D eigenvalue weighted by atomic mass is 9.84. The van der Waals surface area contributed by atoms with E-state index in [4.69, 9.17) is 0 Å². The van der Waals surface area contributed by atoms with Crippen molar-refractivity contribution in [3.63, 3.8) is 0 Å². The first-order valence-electron chi connectivity index (χ1n) is 6.56. The number of halogens is 1. The summed E-state index contributed by atoms with van der Waals surface area (Å²) in [6.45, 7) is 3.15. The fourth-order valence-corrected chi connectivity index (χ4v) is 3.11. The van der Waals surface area contributed by atoms with Crippen LogP contribution in [0.3, 0.4) is 0 Å². The van der Waals surface area contributed by atoms with Crippen LogP contribution in [0.1, 0.15) is 12.8 Å². The van der Waals surface area contributed by atoms with Gasteiger partial charge in [-0.2, -0.15) is 0 Å². The highest BCUT2D eigenvalue weighted by Gasteiger charge is 2.34. The van der Waals surface area contributed by atoms with Gasteiger partial charge in [-0.15, -0.1) is 0 Å². The third kappa shape index (κ3) is 2.40. The molecule has 0 radical (unpaired) electrons. The maximum absolute atomic E-state index is 13.1. The largest absolute Gasteiger partial charge is 0.375 e. The molecule has 2 bridgehead atoms. The maximum atomic E-state index is 13.1. The van der Waals surface area contributed by atoms with Crippen molar-refractivity contribution in [2.75, 3.05) is 25.0 Å². The Morgan fingerprint density at radius 3 is 2.68 bits per heavy atom. The van der Waals surface area contributed by atoms with Crippen molar-refractivity contribution in [2.45, 2.75) is 18.9 Å². The van der Waals surface area contributed by atoms with Crippen LogP contribution in [-0.2, 0) is 0 Å². The molecule has 19 heavy (non-hydrogen) atoms.